The van der Waals surface area contributed by atoms with Crippen molar-refractivity contribution < 1.29 is 0 Å². The topological polar surface area (TPSA) is 15.3 Å². The van der Waals surface area contributed by atoms with Gasteiger partial charge in [0.15, 0.2) is 0 Å². The molecule has 0 saturated carbocycles. The molecule has 23 heavy (non-hydrogen) atoms. The number of rotatable bonds is 4. The van der Waals surface area contributed by atoms with Gasteiger partial charge in [0, 0.05) is 29.5 Å². The van der Waals surface area contributed by atoms with Gasteiger partial charge in [0.1, 0.15) is 4.99 Å². The van der Waals surface area contributed by atoms with E-state index < -0.39 is 0 Å². The van der Waals surface area contributed by atoms with Crippen LogP contribution in [0.25, 0.3) is 0 Å². The Bertz CT molecular complexity index is 692. The third-order valence-electron chi connectivity index (χ3n) is 4.18. The lowest BCUT2D eigenvalue weighted by Gasteiger charge is -2.39. The second-order valence-electron chi connectivity index (χ2n) is 6.22. The zero-order chi connectivity index (χ0) is 16.2. The summed E-state index contributed by atoms with van der Waals surface area (Å²) in [6.07, 6.45) is 3.05. The highest BCUT2D eigenvalue weighted by atomic mass is 32.1. The van der Waals surface area contributed by atoms with Gasteiger partial charge in [-0.3, -0.25) is 0 Å². The molecule has 118 valence electrons. The van der Waals surface area contributed by atoms with E-state index in [-0.39, 0.29) is 0 Å². The number of benzene rings is 2. The summed E-state index contributed by atoms with van der Waals surface area (Å²) in [5.41, 5.74) is 3.47. The molecule has 2 aromatic rings. The maximum atomic E-state index is 5.71. The maximum Gasteiger partial charge on any atom is 0.108 e. The van der Waals surface area contributed by atoms with Crippen LogP contribution in [0.2, 0.25) is 0 Å². The molecule has 2 aromatic carbocycles. The van der Waals surface area contributed by atoms with E-state index in [1.54, 1.807) is 0 Å². The van der Waals surface area contributed by atoms with Crippen LogP contribution in [0.5, 0.6) is 0 Å². The first-order chi connectivity index (χ1) is 11.1. The van der Waals surface area contributed by atoms with Gasteiger partial charge in [-0.2, -0.15) is 0 Å². The first-order valence-electron chi connectivity index (χ1n) is 8.06. The molecule has 0 radical (unpaired) electrons. The highest BCUT2D eigenvalue weighted by Gasteiger charge is 2.29. The Hall–Kier alpha value is -2.13. The Morgan fingerprint density at radius 2 is 1.61 bits per heavy atom. The summed E-state index contributed by atoms with van der Waals surface area (Å²) in [6.45, 7) is 4.52. The number of para-hydroxylation sites is 2. The summed E-state index contributed by atoms with van der Waals surface area (Å²) in [6, 6.07) is 21.1. The largest absolute Gasteiger partial charge is 0.359 e. The summed E-state index contributed by atoms with van der Waals surface area (Å²) in [7, 11) is 0. The van der Waals surface area contributed by atoms with Crippen molar-refractivity contribution >= 4 is 28.6 Å². The Morgan fingerprint density at radius 1 is 1.00 bits per heavy atom. The standard InChI is InChI=1S/C20H22N2S/c1-15(2)19-13-17(21-16-9-5-3-6-10-16)14-20(23)22(19)18-11-7-4-8-12-18/h3-12,14-15,19,21H,13H2,1-2H3/t19-/m1/s1. The number of nitrogens with one attached hydrogen (secondary N) is 1. The summed E-state index contributed by atoms with van der Waals surface area (Å²) in [5.74, 6) is 0.509. The van der Waals surface area contributed by atoms with Gasteiger partial charge in [-0.1, -0.05) is 62.5 Å². The van der Waals surface area contributed by atoms with Crippen molar-refractivity contribution in [1.29, 1.82) is 0 Å². The van der Waals surface area contributed by atoms with Gasteiger partial charge in [0.2, 0.25) is 0 Å². The third kappa shape index (κ3) is 3.62. The molecule has 0 saturated heterocycles. The van der Waals surface area contributed by atoms with E-state index in [9.17, 15) is 0 Å². The zero-order valence-corrected chi connectivity index (χ0v) is 14.4. The maximum absolute atomic E-state index is 5.71. The number of hydrogen-bond acceptors (Lipinski definition) is 2. The minimum Gasteiger partial charge on any atom is -0.359 e. The molecule has 0 fully saturated rings. The van der Waals surface area contributed by atoms with Crippen molar-refractivity contribution in [3.8, 4) is 0 Å². The van der Waals surface area contributed by atoms with Crippen molar-refractivity contribution in [2.24, 2.45) is 5.92 Å². The van der Waals surface area contributed by atoms with Crippen LogP contribution in [0.4, 0.5) is 11.4 Å². The number of anilines is 2. The van der Waals surface area contributed by atoms with Crippen LogP contribution in [-0.4, -0.2) is 11.0 Å². The molecule has 0 bridgehead atoms. The Morgan fingerprint density at radius 3 is 2.22 bits per heavy atom. The number of thiocarbonyl (C=S) groups is 1. The number of nitrogens with zero attached hydrogens (tertiary/aromatic N) is 1. The summed E-state index contributed by atoms with van der Waals surface area (Å²) in [4.78, 5) is 3.16. The molecule has 1 N–H and O–H groups in total. The van der Waals surface area contributed by atoms with E-state index >= 15 is 0 Å². The van der Waals surface area contributed by atoms with E-state index in [0.717, 1.165) is 17.1 Å². The van der Waals surface area contributed by atoms with Crippen molar-refractivity contribution in [3.63, 3.8) is 0 Å². The van der Waals surface area contributed by atoms with Crippen LogP contribution in [0.3, 0.4) is 0 Å². The number of hydrogen-bond donors (Lipinski definition) is 1. The first kappa shape index (κ1) is 15.8. The quantitative estimate of drug-likeness (QED) is 0.774. The van der Waals surface area contributed by atoms with Gasteiger partial charge < -0.3 is 10.2 Å². The van der Waals surface area contributed by atoms with Crippen molar-refractivity contribution in [1.82, 2.24) is 0 Å². The van der Waals surface area contributed by atoms with Gasteiger partial charge in [-0.05, 0) is 36.3 Å². The van der Waals surface area contributed by atoms with E-state index in [0.29, 0.717) is 12.0 Å². The zero-order valence-electron chi connectivity index (χ0n) is 13.6. The molecule has 0 aromatic heterocycles. The van der Waals surface area contributed by atoms with Crippen molar-refractivity contribution in [3.05, 3.63) is 72.4 Å². The molecule has 0 aliphatic carbocycles. The lowest BCUT2D eigenvalue weighted by atomic mass is 9.93. The van der Waals surface area contributed by atoms with E-state index in [1.807, 2.05) is 24.3 Å². The normalized spacial score (nSPS) is 18.0. The van der Waals surface area contributed by atoms with E-state index in [2.05, 4.69) is 66.5 Å². The fourth-order valence-corrected chi connectivity index (χ4v) is 3.38. The van der Waals surface area contributed by atoms with Gasteiger partial charge >= 0.3 is 0 Å². The molecule has 3 heteroatoms. The molecule has 1 aliphatic rings. The fourth-order valence-electron chi connectivity index (χ4n) is 2.99. The molecule has 0 unspecified atom stereocenters. The summed E-state index contributed by atoms with van der Waals surface area (Å²) in [5, 5.41) is 3.52. The van der Waals surface area contributed by atoms with E-state index in [4.69, 9.17) is 12.2 Å². The second kappa shape index (κ2) is 6.97. The van der Waals surface area contributed by atoms with Crippen LogP contribution in [0.15, 0.2) is 72.4 Å². The lowest BCUT2D eigenvalue weighted by Crippen LogP contribution is -2.45. The smallest absolute Gasteiger partial charge is 0.108 e. The molecular weight excluding hydrogens is 300 g/mol. The Balaban J connectivity index is 1.88. The van der Waals surface area contributed by atoms with Gasteiger partial charge in [0.25, 0.3) is 0 Å². The van der Waals surface area contributed by atoms with Gasteiger partial charge in [-0.25, -0.2) is 0 Å². The van der Waals surface area contributed by atoms with Crippen molar-refractivity contribution in [2.45, 2.75) is 26.3 Å². The molecule has 2 nitrogen and oxygen atoms in total. The first-order valence-corrected chi connectivity index (χ1v) is 8.47. The molecule has 1 atom stereocenters. The van der Waals surface area contributed by atoms with Crippen LogP contribution in [0.1, 0.15) is 20.3 Å². The van der Waals surface area contributed by atoms with Crippen LogP contribution < -0.4 is 10.2 Å². The minimum absolute atomic E-state index is 0.362. The monoisotopic (exact) mass is 322 g/mol. The predicted octanol–water partition coefficient (Wildman–Crippen LogP) is 5.24. The van der Waals surface area contributed by atoms with Gasteiger partial charge in [-0.15, -0.1) is 0 Å². The fraction of sp³-hybridized carbons (Fsp3) is 0.250. The summed E-state index contributed by atoms with van der Waals surface area (Å²) >= 11 is 5.71. The molecular formula is C20H22N2S. The van der Waals surface area contributed by atoms with Crippen LogP contribution in [0, 0.1) is 5.92 Å². The Labute approximate surface area is 143 Å². The predicted molar refractivity (Wildman–Crippen MR) is 103 cm³/mol. The molecule has 0 spiro atoms. The average Bonchev–Trinajstić information content (AvgIpc) is 2.56. The highest BCUT2D eigenvalue weighted by Crippen LogP contribution is 2.30. The highest BCUT2D eigenvalue weighted by molar-refractivity contribution is 7.81. The summed E-state index contributed by atoms with van der Waals surface area (Å²) < 4.78 is 0. The minimum atomic E-state index is 0.362. The molecule has 1 aliphatic heterocycles. The van der Waals surface area contributed by atoms with Crippen LogP contribution in [-0.2, 0) is 0 Å². The van der Waals surface area contributed by atoms with Crippen LogP contribution >= 0.6 is 12.2 Å². The molecule has 3 rings (SSSR count). The molecule has 1 heterocycles. The van der Waals surface area contributed by atoms with Gasteiger partial charge in [0.05, 0.1) is 0 Å². The lowest BCUT2D eigenvalue weighted by molar-refractivity contribution is 0.484. The average molecular weight is 322 g/mol. The Kier molecular flexibility index (Phi) is 4.77. The third-order valence-corrected chi connectivity index (χ3v) is 4.49. The SMILES string of the molecule is CC(C)[C@H]1CC(Nc2ccccc2)=CC(=S)N1c1ccccc1. The second-order valence-corrected chi connectivity index (χ2v) is 6.64. The molecule has 0 amide bonds. The van der Waals surface area contributed by atoms with E-state index in [1.165, 1.54) is 11.4 Å². The van der Waals surface area contributed by atoms with Crippen molar-refractivity contribution in [2.75, 3.05) is 10.2 Å².